The third kappa shape index (κ3) is 5.18. The second-order valence-corrected chi connectivity index (χ2v) is 6.55. The molecule has 0 aliphatic heterocycles. The number of carbonyl (C=O) groups is 1. The molecule has 2 heterocycles. The number of hydrogen-bond donors (Lipinski definition) is 3. The highest BCUT2D eigenvalue weighted by Gasteiger charge is 2.07. The number of halogens is 2. The molecule has 4 aromatic rings. The average Bonchev–Trinajstić information content (AvgIpc) is 3.23. The molecule has 8 nitrogen and oxygen atoms in total. The lowest BCUT2D eigenvalue weighted by atomic mass is 10.2. The third-order valence-electron chi connectivity index (χ3n) is 4.10. The summed E-state index contributed by atoms with van der Waals surface area (Å²) in [4.78, 5) is 20.8. The van der Waals surface area contributed by atoms with Crippen molar-refractivity contribution in [1.82, 2.24) is 19.7 Å². The molecule has 0 bridgehead atoms. The van der Waals surface area contributed by atoms with Crippen molar-refractivity contribution in [1.29, 1.82) is 0 Å². The van der Waals surface area contributed by atoms with Crippen molar-refractivity contribution in [3.63, 3.8) is 0 Å². The Labute approximate surface area is 176 Å². The smallest absolute Gasteiger partial charge is 0.323 e. The molecule has 0 spiro atoms. The van der Waals surface area contributed by atoms with E-state index in [2.05, 4.69) is 31.0 Å². The molecule has 0 radical (unpaired) electrons. The number of urea groups is 1. The summed E-state index contributed by atoms with van der Waals surface area (Å²) in [5.74, 6) is 0.246. The minimum atomic E-state index is -0.776. The summed E-state index contributed by atoms with van der Waals surface area (Å²) in [5, 5.41) is 12.3. The van der Waals surface area contributed by atoms with Gasteiger partial charge in [0.1, 0.15) is 23.3 Å². The lowest BCUT2D eigenvalue weighted by molar-refractivity contribution is 0.262. The van der Waals surface area contributed by atoms with E-state index in [1.807, 2.05) is 0 Å². The molecule has 0 fully saturated rings. The number of anilines is 4. The lowest BCUT2D eigenvalue weighted by Gasteiger charge is -2.11. The van der Waals surface area contributed by atoms with Crippen LogP contribution in [0.1, 0.15) is 5.82 Å². The number of nitrogens with one attached hydrogen (secondary N) is 3. The molecule has 0 saturated carbocycles. The Morgan fingerprint density at radius 2 is 1.58 bits per heavy atom. The van der Waals surface area contributed by atoms with Crippen LogP contribution in [0, 0.1) is 18.6 Å². The number of hydrogen-bond acceptors (Lipinski definition) is 5. The monoisotopic (exact) mass is 421 g/mol. The van der Waals surface area contributed by atoms with Crippen molar-refractivity contribution in [2.45, 2.75) is 6.92 Å². The summed E-state index contributed by atoms with van der Waals surface area (Å²) in [6.45, 7) is 1.79. The molecule has 0 aliphatic rings. The standard InChI is InChI=1S/C21H17F2N7O/c1-13-25-19(12-20(26-13)30-8-2-7-24-30)27-16-3-5-17(6-4-16)28-21(31)29-18-10-14(22)9-15(23)11-18/h2-12H,1H3,(H,25,26,27)(H2,28,29,31). The summed E-state index contributed by atoms with van der Waals surface area (Å²) in [6, 6.07) is 12.6. The number of aryl methyl sites for hydroxylation is 1. The van der Waals surface area contributed by atoms with E-state index >= 15 is 0 Å². The van der Waals surface area contributed by atoms with Gasteiger partial charge in [-0.05, 0) is 49.4 Å². The van der Waals surface area contributed by atoms with E-state index in [-0.39, 0.29) is 5.69 Å². The highest BCUT2D eigenvalue weighted by atomic mass is 19.1. The Morgan fingerprint density at radius 3 is 2.26 bits per heavy atom. The van der Waals surface area contributed by atoms with Crippen LogP contribution in [0.5, 0.6) is 0 Å². The van der Waals surface area contributed by atoms with Gasteiger partial charge in [-0.15, -0.1) is 0 Å². The van der Waals surface area contributed by atoms with E-state index in [1.165, 1.54) is 0 Å². The molecule has 0 saturated heterocycles. The molecule has 3 N–H and O–H groups in total. The van der Waals surface area contributed by atoms with Crippen LogP contribution in [0.25, 0.3) is 5.82 Å². The molecule has 2 aromatic carbocycles. The summed E-state index contributed by atoms with van der Waals surface area (Å²) < 4.78 is 28.1. The first-order valence-electron chi connectivity index (χ1n) is 9.21. The van der Waals surface area contributed by atoms with Crippen LogP contribution in [0.3, 0.4) is 0 Å². The number of benzene rings is 2. The molecular weight excluding hydrogens is 404 g/mol. The van der Waals surface area contributed by atoms with Gasteiger partial charge in [0.15, 0.2) is 5.82 Å². The number of nitrogens with zero attached hydrogens (tertiary/aromatic N) is 4. The van der Waals surface area contributed by atoms with Gasteiger partial charge in [-0.3, -0.25) is 0 Å². The van der Waals surface area contributed by atoms with Gasteiger partial charge in [-0.25, -0.2) is 28.2 Å². The van der Waals surface area contributed by atoms with E-state index in [1.54, 1.807) is 60.4 Å². The van der Waals surface area contributed by atoms with Crippen LogP contribution in [0.4, 0.5) is 36.5 Å². The van der Waals surface area contributed by atoms with Gasteiger partial charge in [-0.2, -0.15) is 5.10 Å². The van der Waals surface area contributed by atoms with Crippen LogP contribution >= 0.6 is 0 Å². The fraction of sp³-hybridized carbons (Fsp3) is 0.0476. The zero-order valence-electron chi connectivity index (χ0n) is 16.3. The lowest BCUT2D eigenvalue weighted by Crippen LogP contribution is -2.19. The van der Waals surface area contributed by atoms with Gasteiger partial charge in [0.25, 0.3) is 0 Å². The zero-order chi connectivity index (χ0) is 21.8. The maximum absolute atomic E-state index is 13.2. The second-order valence-electron chi connectivity index (χ2n) is 6.55. The highest BCUT2D eigenvalue weighted by molar-refractivity contribution is 5.99. The summed E-state index contributed by atoms with van der Waals surface area (Å²) in [6.07, 6.45) is 3.45. The normalized spacial score (nSPS) is 10.5. The van der Waals surface area contributed by atoms with Crippen molar-refractivity contribution in [2.24, 2.45) is 0 Å². The summed E-state index contributed by atoms with van der Waals surface area (Å²) in [7, 11) is 0. The van der Waals surface area contributed by atoms with E-state index < -0.39 is 17.7 Å². The van der Waals surface area contributed by atoms with Gasteiger partial charge in [0, 0.05) is 41.6 Å². The molecule has 0 aliphatic carbocycles. The van der Waals surface area contributed by atoms with Crippen LogP contribution in [0.15, 0.2) is 67.0 Å². The Bertz CT molecular complexity index is 1190. The van der Waals surface area contributed by atoms with Crippen LogP contribution in [-0.4, -0.2) is 25.8 Å². The molecular formula is C21H17F2N7O. The van der Waals surface area contributed by atoms with Crippen molar-refractivity contribution in [3.05, 3.63) is 84.4 Å². The van der Waals surface area contributed by atoms with E-state index in [0.717, 1.165) is 23.9 Å². The second kappa shape index (κ2) is 8.57. The number of carbonyl (C=O) groups excluding carboxylic acids is 1. The van der Waals surface area contributed by atoms with Gasteiger partial charge in [0.05, 0.1) is 0 Å². The van der Waals surface area contributed by atoms with Gasteiger partial charge in [-0.1, -0.05) is 0 Å². The summed E-state index contributed by atoms with van der Waals surface area (Å²) in [5.41, 5.74) is 1.25. The van der Waals surface area contributed by atoms with Crippen molar-refractivity contribution >= 4 is 28.9 Å². The topological polar surface area (TPSA) is 96.8 Å². The Kier molecular flexibility index (Phi) is 5.52. The molecule has 31 heavy (non-hydrogen) atoms. The highest BCUT2D eigenvalue weighted by Crippen LogP contribution is 2.20. The van der Waals surface area contributed by atoms with Crippen molar-refractivity contribution < 1.29 is 13.6 Å². The number of aromatic nitrogens is 4. The fourth-order valence-corrected chi connectivity index (χ4v) is 2.84. The first-order valence-corrected chi connectivity index (χ1v) is 9.21. The van der Waals surface area contributed by atoms with Gasteiger partial charge >= 0.3 is 6.03 Å². The van der Waals surface area contributed by atoms with Crippen molar-refractivity contribution in [2.75, 3.05) is 16.0 Å². The van der Waals surface area contributed by atoms with Crippen molar-refractivity contribution in [3.8, 4) is 5.82 Å². The number of rotatable bonds is 5. The van der Waals surface area contributed by atoms with Gasteiger partial charge in [0.2, 0.25) is 0 Å². The molecule has 0 unspecified atom stereocenters. The predicted molar refractivity (Wildman–Crippen MR) is 113 cm³/mol. The molecule has 2 amide bonds. The first kappa shape index (κ1) is 20.0. The molecule has 156 valence electrons. The Balaban J connectivity index is 1.41. The summed E-state index contributed by atoms with van der Waals surface area (Å²) >= 11 is 0. The maximum atomic E-state index is 13.2. The molecule has 10 heteroatoms. The molecule has 2 aromatic heterocycles. The van der Waals surface area contributed by atoms with Crippen LogP contribution in [0.2, 0.25) is 0 Å². The van der Waals surface area contributed by atoms with E-state index in [9.17, 15) is 13.6 Å². The molecule has 4 rings (SSSR count). The largest absolute Gasteiger partial charge is 0.340 e. The van der Waals surface area contributed by atoms with Crippen LogP contribution in [-0.2, 0) is 0 Å². The number of amides is 2. The SMILES string of the molecule is Cc1nc(Nc2ccc(NC(=O)Nc3cc(F)cc(F)c3)cc2)cc(-n2cccn2)n1. The quantitative estimate of drug-likeness (QED) is 0.436. The minimum Gasteiger partial charge on any atom is -0.340 e. The average molecular weight is 421 g/mol. The molecule has 0 atom stereocenters. The minimum absolute atomic E-state index is 0.0143. The van der Waals surface area contributed by atoms with E-state index in [4.69, 9.17) is 0 Å². The Morgan fingerprint density at radius 1 is 0.903 bits per heavy atom. The first-order chi connectivity index (χ1) is 14.9. The van der Waals surface area contributed by atoms with Gasteiger partial charge < -0.3 is 16.0 Å². The maximum Gasteiger partial charge on any atom is 0.323 e. The van der Waals surface area contributed by atoms with E-state index in [0.29, 0.717) is 23.1 Å². The Hall–Kier alpha value is -4.34. The third-order valence-corrected chi connectivity index (χ3v) is 4.10. The fourth-order valence-electron chi connectivity index (χ4n) is 2.84. The zero-order valence-corrected chi connectivity index (χ0v) is 16.3. The predicted octanol–water partition coefficient (Wildman–Crippen LogP) is 4.64. The van der Waals surface area contributed by atoms with Crippen LogP contribution < -0.4 is 16.0 Å².